The fourth-order valence-electron chi connectivity index (χ4n) is 5.12. The predicted molar refractivity (Wildman–Crippen MR) is 145 cm³/mol. The van der Waals surface area contributed by atoms with Crippen molar-refractivity contribution in [2.75, 3.05) is 44.9 Å². The minimum Gasteiger partial charge on any atom is -0.369 e. The Bertz CT molecular complexity index is 1660. The smallest absolute Gasteiger partial charge is 0.369 e. The summed E-state index contributed by atoms with van der Waals surface area (Å²) in [6.45, 7) is 2.29. The molecule has 1 fully saturated rings. The number of aromatic amines is 1. The summed E-state index contributed by atoms with van der Waals surface area (Å²) in [5, 5.41) is 12.9. The maximum Gasteiger partial charge on any atom is 0.471 e. The summed E-state index contributed by atoms with van der Waals surface area (Å²) in [7, 11) is -2.87. The SMILES string of the molecule is CN1CCN(c2nc(C3=C(c4c[nH]c5ccccc45)C(=O)N(COP(=O)(O)O)C3O)c3ccccc3n2)CC1. The average Bonchev–Trinajstić information content (AvgIpc) is 3.44. The summed E-state index contributed by atoms with van der Waals surface area (Å²) in [5.74, 6) is -0.160. The highest BCUT2D eigenvalue weighted by Gasteiger charge is 2.42. The number of hydrogen-bond donors (Lipinski definition) is 4. The second-order valence-corrected chi connectivity index (χ2v) is 10.9. The van der Waals surface area contributed by atoms with Gasteiger partial charge in [-0.25, -0.2) is 14.5 Å². The molecule has 2 aliphatic heterocycles. The van der Waals surface area contributed by atoms with E-state index in [4.69, 9.17) is 9.97 Å². The van der Waals surface area contributed by atoms with Crippen LogP contribution in [-0.4, -0.2) is 91.7 Å². The first kappa shape index (κ1) is 25.6. The van der Waals surface area contributed by atoms with Crippen LogP contribution in [0.25, 0.3) is 33.0 Å². The fourth-order valence-corrected chi connectivity index (χ4v) is 5.39. The van der Waals surface area contributed by atoms with Gasteiger partial charge in [0, 0.05) is 59.8 Å². The minimum atomic E-state index is -4.92. The Morgan fingerprint density at radius 1 is 1.03 bits per heavy atom. The van der Waals surface area contributed by atoms with E-state index in [0.717, 1.165) is 28.9 Å². The number of aliphatic hydroxyl groups excluding tert-OH is 1. The highest BCUT2D eigenvalue weighted by molar-refractivity contribution is 7.46. The first-order valence-corrected chi connectivity index (χ1v) is 13.9. The Labute approximate surface area is 223 Å². The molecule has 4 aromatic rings. The first-order chi connectivity index (χ1) is 18.7. The van der Waals surface area contributed by atoms with Crippen molar-refractivity contribution in [2.45, 2.75) is 6.23 Å². The van der Waals surface area contributed by atoms with Gasteiger partial charge in [-0.2, -0.15) is 0 Å². The number of para-hydroxylation sites is 2. The van der Waals surface area contributed by atoms with Crippen LogP contribution in [0.1, 0.15) is 11.3 Å². The van der Waals surface area contributed by atoms with Crippen LogP contribution in [0, 0.1) is 0 Å². The van der Waals surface area contributed by atoms with Crippen molar-refractivity contribution in [3.63, 3.8) is 0 Å². The second-order valence-electron chi connectivity index (χ2n) is 9.61. The molecule has 6 rings (SSSR count). The van der Waals surface area contributed by atoms with Crippen molar-refractivity contribution in [3.8, 4) is 0 Å². The first-order valence-electron chi connectivity index (χ1n) is 12.4. The lowest BCUT2D eigenvalue weighted by molar-refractivity contribution is -0.134. The molecule has 0 aliphatic carbocycles. The standard InChI is InChI=1S/C26H27N6O6P/c1-30-10-12-31(13-11-30)26-28-20-9-5-3-7-17(20)23(29-26)22-21(18-14-27-19-8-4-2-6-16(18)19)24(33)32(25(22)34)15-38-39(35,36)37/h2-9,14,25,27,34H,10-13,15H2,1H3,(H2,35,36,37). The number of aliphatic hydroxyl groups is 1. The number of benzene rings is 2. The number of phosphoric acid groups is 1. The van der Waals surface area contributed by atoms with Crippen LogP contribution < -0.4 is 4.90 Å². The molecule has 1 atom stereocenters. The molecular formula is C26H27N6O6P. The fraction of sp³-hybridized carbons (Fsp3) is 0.269. The number of carbonyl (C=O) groups is 1. The minimum absolute atomic E-state index is 0.169. The third-order valence-electron chi connectivity index (χ3n) is 7.15. The van der Waals surface area contributed by atoms with Crippen LogP contribution in [0.2, 0.25) is 0 Å². The summed E-state index contributed by atoms with van der Waals surface area (Å²) in [5.41, 5.74) is 2.72. The number of nitrogens with one attached hydrogen (secondary N) is 1. The molecule has 1 unspecified atom stereocenters. The molecule has 1 saturated heterocycles. The highest BCUT2D eigenvalue weighted by atomic mass is 31.2. The molecule has 0 spiro atoms. The van der Waals surface area contributed by atoms with Gasteiger partial charge >= 0.3 is 7.82 Å². The zero-order chi connectivity index (χ0) is 27.3. The van der Waals surface area contributed by atoms with E-state index in [9.17, 15) is 24.3 Å². The van der Waals surface area contributed by atoms with Crippen LogP contribution >= 0.6 is 7.82 Å². The van der Waals surface area contributed by atoms with Gasteiger partial charge in [0.15, 0.2) is 6.23 Å². The van der Waals surface area contributed by atoms with Gasteiger partial charge in [-0.05, 0) is 19.2 Å². The predicted octanol–water partition coefficient (Wildman–Crippen LogP) is 2.00. The van der Waals surface area contributed by atoms with Crippen LogP contribution in [0.3, 0.4) is 0 Å². The van der Waals surface area contributed by atoms with E-state index < -0.39 is 26.7 Å². The molecule has 4 heterocycles. The zero-order valence-electron chi connectivity index (χ0n) is 21.1. The molecule has 12 nitrogen and oxygen atoms in total. The van der Waals surface area contributed by atoms with Crippen molar-refractivity contribution < 1.29 is 28.8 Å². The Morgan fingerprint density at radius 2 is 1.72 bits per heavy atom. The van der Waals surface area contributed by atoms with E-state index in [0.29, 0.717) is 41.2 Å². The summed E-state index contributed by atoms with van der Waals surface area (Å²) >= 11 is 0. The van der Waals surface area contributed by atoms with Gasteiger partial charge in [-0.15, -0.1) is 0 Å². The zero-order valence-corrected chi connectivity index (χ0v) is 22.0. The molecule has 202 valence electrons. The summed E-state index contributed by atoms with van der Waals surface area (Å²) in [6, 6.07) is 14.8. The molecule has 2 aliphatic rings. The normalized spacial score (nSPS) is 19.2. The summed E-state index contributed by atoms with van der Waals surface area (Å²) < 4.78 is 16.1. The van der Waals surface area contributed by atoms with E-state index in [-0.39, 0.29) is 11.1 Å². The number of fused-ring (bicyclic) bond motifs is 2. The number of likely N-dealkylation sites (N-methyl/N-ethyl adjacent to an activating group) is 1. The van der Waals surface area contributed by atoms with E-state index >= 15 is 0 Å². The molecule has 0 radical (unpaired) electrons. The van der Waals surface area contributed by atoms with E-state index in [2.05, 4.69) is 26.4 Å². The Kier molecular flexibility index (Phi) is 6.46. The van der Waals surface area contributed by atoms with Crippen molar-refractivity contribution in [1.29, 1.82) is 0 Å². The van der Waals surface area contributed by atoms with Crippen molar-refractivity contribution in [1.82, 2.24) is 24.8 Å². The van der Waals surface area contributed by atoms with Crippen LogP contribution in [0.5, 0.6) is 0 Å². The van der Waals surface area contributed by atoms with E-state index in [1.165, 1.54) is 0 Å². The third kappa shape index (κ3) is 4.71. The van der Waals surface area contributed by atoms with Gasteiger partial charge in [0.2, 0.25) is 5.95 Å². The highest BCUT2D eigenvalue weighted by Crippen LogP contribution is 2.44. The van der Waals surface area contributed by atoms with Gasteiger partial charge in [-0.1, -0.05) is 36.4 Å². The number of amides is 1. The average molecular weight is 551 g/mol. The monoisotopic (exact) mass is 550 g/mol. The second kappa shape index (κ2) is 9.83. The number of hydrogen-bond acceptors (Lipinski definition) is 8. The lowest BCUT2D eigenvalue weighted by Crippen LogP contribution is -2.45. The number of aromatic nitrogens is 3. The quantitative estimate of drug-likeness (QED) is 0.262. The van der Waals surface area contributed by atoms with Gasteiger partial charge in [0.05, 0.1) is 16.8 Å². The van der Waals surface area contributed by atoms with Crippen LogP contribution in [-0.2, 0) is 13.9 Å². The number of piperazine rings is 1. The number of carbonyl (C=O) groups excluding carboxylic acids is 1. The lowest BCUT2D eigenvalue weighted by atomic mass is 9.96. The van der Waals surface area contributed by atoms with E-state index in [1.807, 2.05) is 48.5 Å². The molecule has 13 heteroatoms. The Balaban J connectivity index is 1.57. The summed E-state index contributed by atoms with van der Waals surface area (Å²) in [4.78, 5) is 50.4. The van der Waals surface area contributed by atoms with Crippen LogP contribution in [0.15, 0.2) is 54.7 Å². The maximum atomic E-state index is 13.8. The largest absolute Gasteiger partial charge is 0.471 e. The molecule has 39 heavy (non-hydrogen) atoms. The van der Waals surface area contributed by atoms with Crippen molar-refractivity contribution in [3.05, 3.63) is 66.0 Å². The number of phosphoric ester groups is 1. The number of nitrogens with zero attached hydrogens (tertiary/aromatic N) is 5. The number of H-pyrrole nitrogens is 1. The third-order valence-corrected chi connectivity index (χ3v) is 7.61. The van der Waals surface area contributed by atoms with E-state index in [1.54, 1.807) is 6.20 Å². The number of anilines is 1. The van der Waals surface area contributed by atoms with Gasteiger partial charge in [0.25, 0.3) is 5.91 Å². The molecule has 2 aromatic carbocycles. The molecular weight excluding hydrogens is 523 g/mol. The molecule has 2 aromatic heterocycles. The van der Waals surface area contributed by atoms with Gasteiger partial charge < -0.3 is 29.7 Å². The molecule has 1 amide bonds. The van der Waals surface area contributed by atoms with Gasteiger partial charge in [0.1, 0.15) is 6.73 Å². The van der Waals surface area contributed by atoms with Gasteiger partial charge in [-0.3, -0.25) is 14.2 Å². The maximum absolute atomic E-state index is 13.8. The Hall–Kier alpha value is -3.64. The van der Waals surface area contributed by atoms with Crippen LogP contribution in [0.4, 0.5) is 5.95 Å². The summed E-state index contributed by atoms with van der Waals surface area (Å²) in [6.07, 6.45) is 0.106. The topological polar surface area (TPSA) is 155 Å². The lowest BCUT2D eigenvalue weighted by Gasteiger charge is -2.32. The van der Waals surface area contributed by atoms with Crippen molar-refractivity contribution in [2.24, 2.45) is 0 Å². The number of rotatable bonds is 6. The Morgan fingerprint density at radius 3 is 2.46 bits per heavy atom. The molecule has 4 N–H and O–H groups in total. The molecule has 0 saturated carbocycles. The molecule has 0 bridgehead atoms. The van der Waals surface area contributed by atoms with Crippen molar-refractivity contribution >= 4 is 52.6 Å².